The number of aromatic nitrogens is 5. The predicted molar refractivity (Wildman–Crippen MR) is 109 cm³/mol. The van der Waals surface area contributed by atoms with Crippen molar-refractivity contribution in [2.75, 3.05) is 13.1 Å². The number of hydrogen-bond acceptors (Lipinski definition) is 6. The molecule has 1 aliphatic rings. The van der Waals surface area contributed by atoms with E-state index in [1.165, 1.54) is 6.07 Å². The van der Waals surface area contributed by atoms with E-state index in [4.69, 9.17) is 0 Å². The van der Waals surface area contributed by atoms with Crippen LogP contribution in [-0.2, 0) is 12.3 Å². The number of hydrogen-bond donors (Lipinski definition) is 2. The highest BCUT2D eigenvalue weighted by molar-refractivity contribution is 7.98. The zero-order valence-corrected chi connectivity index (χ0v) is 17.1. The Morgan fingerprint density at radius 2 is 2.08 bits per heavy atom. The molecule has 3 rings (SSSR count). The molecule has 2 aromatic heterocycles. The Labute approximate surface area is 169 Å². The Morgan fingerprint density at radius 1 is 1.35 bits per heavy atom. The monoisotopic (exact) mass is 418 g/mol. The Balaban J connectivity index is 0.00000169. The summed E-state index contributed by atoms with van der Waals surface area (Å²) >= 11 is 1.55. The standard InChI is InChI=1S/C16H22N6OS.2ClH/c1-3-8-22-15(12-4-6-17-7-5-12)20-21-16(22)24-10-13-9-14(23)19-11(2)18-13;;/h3,9,12,17H,1,4-8,10H2,2H3,(H,18,19,23);2*1H. The summed E-state index contributed by atoms with van der Waals surface area (Å²) in [6.45, 7) is 8.36. The SMILES string of the molecule is C=CCn1c(SCc2cc(=O)[nH]c(C)n2)nnc1C1CCNCC1.Cl.Cl. The molecule has 144 valence electrons. The van der Waals surface area contributed by atoms with Gasteiger partial charge < -0.3 is 14.9 Å². The fourth-order valence-electron chi connectivity index (χ4n) is 2.94. The van der Waals surface area contributed by atoms with Crippen LogP contribution >= 0.6 is 36.6 Å². The summed E-state index contributed by atoms with van der Waals surface area (Å²) < 4.78 is 2.13. The van der Waals surface area contributed by atoms with Crippen LogP contribution < -0.4 is 10.9 Å². The van der Waals surface area contributed by atoms with Crippen LogP contribution in [0.5, 0.6) is 0 Å². The first kappa shape index (κ1) is 22.7. The molecule has 1 aliphatic heterocycles. The van der Waals surface area contributed by atoms with Crippen LogP contribution in [-0.4, -0.2) is 37.8 Å². The number of nitrogens with zero attached hydrogens (tertiary/aromatic N) is 4. The van der Waals surface area contributed by atoms with Gasteiger partial charge in [0, 0.05) is 24.3 Å². The minimum Gasteiger partial charge on any atom is -0.317 e. The third-order valence-electron chi connectivity index (χ3n) is 4.02. The molecular formula is C16H24Cl2N6OS. The Kier molecular flexibility index (Phi) is 9.35. The van der Waals surface area contributed by atoms with E-state index in [2.05, 4.69) is 36.6 Å². The molecular weight excluding hydrogens is 395 g/mol. The molecule has 0 radical (unpaired) electrons. The number of halogens is 2. The lowest BCUT2D eigenvalue weighted by atomic mass is 9.97. The molecule has 0 unspecified atom stereocenters. The largest absolute Gasteiger partial charge is 0.317 e. The summed E-state index contributed by atoms with van der Waals surface area (Å²) in [5.74, 6) is 2.69. The molecule has 2 aromatic rings. The molecule has 0 bridgehead atoms. The van der Waals surface area contributed by atoms with E-state index in [0.717, 1.165) is 42.6 Å². The van der Waals surface area contributed by atoms with Gasteiger partial charge in [-0.1, -0.05) is 17.8 Å². The van der Waals surface area contributed by atoms with Gasteiger partial charge in [-0.15, -0.1) is 41.6 Å². The molecule has 26 heavy (non-hydrogen) atoms. The van der Waals surface area contributed by atoms with E-state index in [-0.39, 0.29) is 30.4 Å². The predicted octanol–water partition coefficient (Wildman–Crippen LogP) is 2.46. The van der Waals surface area contributed by atoms with Gasteiger partial charge in [-0.25, -0.2) is 4.98 Å². The average Bonchev–Trinajstić information content (AvgIpc) is 2.96. The lowest BCUT2D eigenvalue weighted by molar-refractivity contribution is 0.431. The van der Waals surface area contributed by atoms with Crippen LogP contribution in [0.1, 0.15) is 36.1 Å². The van der Waals surface area contributed by atoms with Crippen molar-refractivity contribution in [1.82, 2.24) is 30.0 Å². The maximum Gasteiger partial charge on any atom is 0.251 e. The van der Waals surface area contributed by atoms with Crippen LogP contribution in [0.4, 0.5) is 0 Å². The molecule has 7 nitrogen and oxygen atoms in total. The van der Waals surface area contributed by atoms with Gasteiger partial charge in [0.1, 0.15) is 11.6 Å². The van der Waals surface area contributed by atoms with E-state index in [0.29, 0.717) is 24.0 Å². The molecule has 2 N–H and O–H groups in total. The lowest BCUT2D eigenvalue weighted by Crippen LogP contribution is -2.28. The maximum absolute atomic E-state index is 11.5. The third-order valence-corrected chi connectivity index (χ3v) is 5.02. The third kappa shape index (κ3) is 5.57. The minimum atomic E-state index is -0.124. The molecule has 0 amide bonds. The highest BCUT2D eigenvalue weighted by atomic mass is 35.5. The van der Waals surface area contributed by atoms with Gasteiger partial charge in [-0.05, 0) is 32.9 Å². The summed E-state index contributed by atoms with van der Waals surface area (Å²) in [5.41, 5.74) is 0.624. The van der Waals surface area contributed by atoms with E-state index in [9.17, 15) is 4.79 Å². The van der Waals surface area contributed by atoms with Crippen molar-refractivity contribution in [3.05, 3.63) is 46.4 Å². The summed E-state index contributed by atoms with van der Waals surface area (Å²) in [6, 6.07) is 1.53. The number of allylic oxidation sites excluding steroid dienone is 1. The number of aryl methyl sites for hydroxylation is 1. The Bertz CT molecular complexity index is 772. The van der Waals surface area contributed by atoms with Gasteiger partial charge in [-0.3, -0.25) is 4.79 Å². The van der Waals surface area contributed by atoms with E-state index >= 15 is 0 Å². The van der Waals surface area contributed by atoms with Gasteiger partial charge in [-0.2, -0.15) is 0 Å². The van der Waals surface area contributed by atoms with Crippen molar-refractivity contribution in [1.29, 1.82) is 0 Å². The van der Waals surface area contributed by atoms with Crippen molar-refractivity contribution >= 4 is 36.6 Å². The first-order valence-electron chi connectivity index (χ1n) is 8.11. The average molecular weight is 419 g/mol. The van der Waals surface area contributed by atoms with E-state index < -0.39 is 0 Å². The fourth-order valence-corrected chi connectivity index (χ4v) is 3.79. The first-order chi connectivity index (χ1) is 11.7. The van der Waals surface area contributed by atoms with Crippen molar-refractivity contribution in [3.63, 3.8) is 0 Å². The zero-order chi connectivity index (χ0) is 16.9. The topological polar surface area (TPSA) is 88.5 Å². The van der Waals surface area contributed by atoms with Crippen molar-refractivity contribution in [3.8, 4) is 0 Å². The van der Waals surface area contributed by atoms with Gasteiger partial charge in [0.05, 0.1) is 5.69 Å². The zero-order valence-electron chi connectivity index (χ0n) is 14.6. The highest BCUT2D eigenvalue weighted by Gasteiger charge is 2.22. The molecule has 1 saturated heterocycles. The van der Waals surface area contributed by atoms with Crippen LogP contribution in [0.15, 0.2) is 28.7 Å². The second-order valence-corrected chi connectivity index (χ2v) is 6.82. The summed E-state index contributed by atoms with van der Waals surface area (Å²) in [6.07, 6.45) is 4.02. The van der Waals surface area contributed by atoms with Gasteiger partial charge >= 0.3 is 0 Å². The number of rotatable bonds is 6. The Hall–Kier alpha value is -1.35. The van der Waals surface area contributed by atoms with Crippen LogP contribution in [0.2, 0.25) is 0 Å². The van der Waals surface area contributed by atoms with Crippen LogP contribution in [0, 0.1) is 6.92 Å². The number of H-pyrrole nitrogens is 1. The Morgan fingerprint density at radius 3 is 2.73 bits per heavy atom. The maximum atomic E-state index is 11.5. The smallest absolute Gasteiger partial charge is 0.251 e. The fraction of sp³-hybridized carbons (Fsp3) is 0.500. The number of thioether (sulfide) groups is 1. The molecule has 0 saturated carbocycles. The molecule has 0 spiro atoms. The first-order valence-corrected chi connectivity index (χ1v) is 9.10. The van der Waals surface area contributed by atoms with Crippen molar-refractivity contribution in [2.24, 2.45) is 0 Å². The van der Waals surface area contributed by atoms with E-state index in [1.54, 1.807) is 18.7 Å². The normalized spacial score (nSPS) is 14.3. The highest BCUT2D eigenvalue weighted by Crippen LogP contribution is 2.28. The molecule has 0 aliphatic carbocycles. The molecule has 0 atom stereocenters. The summed E-state index contributed by atoms with van der Waals surface area (Å²) in [7, 11) is 0. The van der Waals surface area contributed by atoms with E-state index in [1.807, 2.05) is 6.08 Å². The number of aromatic amines is 1. The van der Waals surface area contributed by atoms with Gasteiger partial charge in [0.2, 0.25) is 0 Å². The molecule has 0 aromatic carbocycles. The molecule has 10 heteroatoms. The van der Waals surface area contributed by atoms with Crippen molar-refractivity contribution in [2.45, 2.75) is 43.1 Å². The minimum absolute atomic E-state index is 0. The number of nitrogens with one attached hydrogen (secondary N) is 2. The summed E-state index contributed by atoms with van der Waals surface area (Å²) in [5, 5.41) is 13.0. The number of piperidine rings is 1. The second-order valence-electron chi connectivity index (χ2n) is 5.88. The second kappa shape index (κ2) is 10.7. The van der Waals surface area contributed by atoms with Gasteiger partial charge in [0.25, 0.3) is 5.56 Å². The van der Waals surface area contributed by atoms with Crippen molar-refractivity contribution < 1.29 is 0 Å². The summed E-state index contributed by atoms with van der Waals surface area (Å²) in [4.78, 5) is 18.6. The van der Waals surface area contributed by atoms with Crippen LogP contribution in [0.3, 0.4) is 0 Å². The molecule has 3 heterocycles. The van der Waals surface area contributed by atoms with Gasteiger partial charge in [0.15, 0.2) is 5.16 Å². The van der Waals surface area contributed by atoms with Crippen LogP contribution in [0.25, 0.3) is 0 Å². The quantitative estimate of drug-likeness (QED) is 0.553. The lowest BCUT2D eigenvalue weighted by Gasteiger charge is -2.22. The molecule has 1 fully saturated rings.